The first-order chi connectivity index (χ1) is 20.4. The maximum Gasteiger partial charge on any atom is 0.328 e. The van der Waals surface area contributed by atoms with E-state index in [1.165, 1.54) is 21.3 Å². The minimum absolute atomic E-state index is 0.239. The lowest BCUT2D eigenvalue weighted by Gasteiger charge is -2.02. The summed E-state index contributed by atoms with van der Waals surface area (Å²) in [4.78, 5) is 106. The van der Waals surface area contributed by atoms with Crippen molar-refractivity contribution >= 4 is 22.7 Å². The maximum atomic E-state index is 11.7. The van der Waals surface area contributed by atoms with Gasteiger partial charge in [-0.25, -0.2) is 19.2 Å². The predicted octanol–water partition coefficient (Wildman–Crippen LogP) is -2.56. The van der Waals surface area contributed by atoms with E-state index in [0.717, 1.165) is 0 Å². The molecular weight excluding hydrogens is 588 g/mol. The van der Waals surface area contributed by atoms with Crippen LogP contribution in [0.1, 0.15) is 0 Å². The Balaban J connectivity index is 0.000000236. The third-order valence-corrected chi connectivity index (χ3v) is 4.66. The monoisotopic (exact) mass is 606 g/mol. The molecule has 226 valence electrons. The average molecular weight is 606 g/mol. The fourth-order valence-electron chi connectivity index (χ4n) is 2.85. The highest BCUT2D eigenvalue weighted by atomic mass is 16.5. The van der Waals surface area contributed by atoms with Crippen LogP contribution in [0.15, 0.2) is 58.8 Å². The summed E-state index contributed by atoms with van der Waals surface area (Å²) in [6, 6.07) is 0. The Morgan fingerprint density at radius 3 is 0.953 bits per heavy atom. The van der Waals surface area contributed by atoms with Crippen molar-refractivity contribution in [3.05, 3.63) is 83.4 Å². The van der Waals surface area contributed by atoms with Gasteiger partial charge in [0.15, 0.2) is 0 Å². The van der Waals surface area contributed by atoms with Crippen molar-refractivity contribution in [2.75, 3.05) is 21.3 Å². The van der Waals surface area contributed by atoms with Crippen LogP contribution in [0.25, 0.3) is 0 Å². The van der Waals surface area contributed by atoms with Crippen LogP contribution in [0, 0.1) is 0 Å². The summed E-state index contributed by atoms with van der Waals surface area (Å²) in [5.74, 6) is -1.59. The number of aromatic hydroxyl groups is 1. The maximum absolute atomic E-state index is 11.7. The number of hydrogen-bond acceptors (Lipinski definition) is 16. The van der Waals surface area contributed by atoms with E-state index >= 15 is 0 Å². The number of rotatable bonds is 7. The molecule has 43 heavy (non-hydrogen) atoms. The van der Waals surface area contributed by atoms with Gasteiger partial charge in [0, 0.05) is 0 Å². The summed E-state index contributed by atoms with van der Waals surface area (Å²) < 4.78 is 14.3. The van der Waals surface area contributed by atoms with Gasteiger partial charge < -0.3 is 19.3 Å². The molecule has 4 rings (SSSR count). The van der Waals surface area contributed by atoms with Crippen molar-refractivity contribution < 1.29 is 19.3 Å². The summed E-state index contributed by atoms with van der Waals surface area (Å²) in [6.45, 7) is 0. The zero-order valence-electron chi connectivity index (χ0n) is 21.7. The van der Waals surface area contributed by atoms with Crippen molar-refractivity contribution in [2.24, 2.45) is 20.5 Å². The number of azo groups is 2. The molecule has 4 aromatic heterocycles. The van der Waals surface area contributed by atoms with Gasteiger partial charge in [-0.1, -0.05) is 0 Å². The molecule has 0 saturated heterocycles. The van der Waals surface area contributed by atoms with Crippen molar-refractivity contribution in [1.82, 2.24) is 39.9 Å². The fourth-order valence-corrected chi connectivity index (χ4v) is 2.85. The highest BCUT2D eigenvalue weighted by Crippen LogP contribution is 2.24. The van der Waals surface area contributed by atoms with E-state index in [9.17, 15) is 43.5 Å². The molecule has 0 saturated carbocycles. The topological polar surface area (TPSA) is 360 Å². The molecule has 4 aromatic rings. The summed E-state index contributed by atoms with van der Waals surface area (Å²) in [6.07, 6.45) is 0. The zero-order valence-corrected chi connectivity index (χ0v) is 21.7. The van der Waals surface area contributed by atoms with E-state index in [2.05, 4.69) is 35.4 Å². The number of aromatic nitrogens is 8. The van der Waals surface area contributed by atoms with E-state index in [1.807, 2.05) is 24.9 Å². The quantitative estimate of drug-likeness (QED) is 0.0981. The van der Waals surface area contributed by atoms with Crippen LogP contribution in [0.2, 0.25) is 0 Å². The van der Waals surface area contributed by atoms with Crippen molar-refractivity contribution in [3.8, 4) is 23.5 Å². The second-order valence-corrected chi connectivity index (χ2v) is 7.38. The van der Waals surface area contributed by atoms with Gasteiger partial charge in [-0.3, -0.25) is 59.0 Å². The summed E-state index contributed by atoms with van der Waals surface area (Å²) in [5, 5.41) is 23.3. The minimum atomic E-state index is -1.01. The van der Waals surface area contributed by atoms with Crippen LogP contribution < -0.4 is 59.2 Å². The first kappa shape index (κ1) is 30.7. The van der Waals surface area contributed by atoms with Crippen LogP contribution in [-0.2, 0) is 0 Å². The normalized spacial score (nSPS) is 10.9. The van der Waals surface area contributed by atoms with Crippen LogP contribution in [-0.4, -0.2) is 66.3 Å². The molecule has 24 nitrogen and oxygen atoms in total. The van der Waals surface area contributed by atoms with Crippen LogP contribution in [0.4, 0.5) is 22.7 Å². The standard InChI is InChI=1S/C10H10N6O6.C9H8N6O6/c1-21-7-3(5(17)11-9(19)13-7)15-16-4-6(18)12-10(20)14-8(4)22-2;1-21-7-3(6(18)12-9(20)13-7)15-14-2-4(16)10-8(19)11-5(2)17/h1-2H3,(H2,11,13,17,19)(H2,12,14,18,20);1H3,(H2,12,13,18,20)(H3,10,11,16,17,19). The molecular formula is C19H18N12O12. The first-order valence-electron chi connectivity index (χ1n) is 11.0. The second-order valence-electron chi connectivity index (χ2n) is 7.38. The van der Waals surface area contributed by atoms with Crippen LogP contribution >= 0.6 is 0 Å². The van der Waals surface area contributed by atoms with Gasteiger partial charge in [-0.2, -0.15) is 0 Å². The molecule has 4 heterocycles. The van der Waals surface area contributed by atoms with Crippen molar-refractivity contribution in [1.29, 1.82) is 0 Å². The highest BCUT2D eigenvalue weighted by molar-refractivity contribution is 5.48. The van der Waals surface area contributed by atoms with Gasteiger partial charge in [0.2, 0.25) is 46.3 Å². The Kier molecular flexibility index (Phi) is 9.26. The van der Waals surface area contributed by atoms with Crippen molar-refractivity contribution in [2.45, 2.75) is 0 Å². The van der Waals surface area contributed by atoms with Gasteiger partial charge in [0.1, 0.15) is 0 Å². The van der Waals surface area contributed by atoms with E-state index in [0.29, 0.717) is 0 Å². The number of nitrogens with one attached hydrogen (secondary N) is 8. The van der Waals surface area contributed by atoms with Gasteiger partial charge in [-0.05, 0) is 0 Å². The largest absolute Gasteiger partial charge is 0.493 e. The molecule has 0 aliphatic heterocycles. The molecule has 9 N–H and O–H groups in total. The molecule has 0 spiro atoms. The van der Waals surface area contributed by atoms with Gasteiger partial charge in [0.05, 0.1) is 21.3 Å². The number of ether oxygens (including phenoxy) is 3. The van der Waals surface area contributed by atoms with E-state index in [-0.39, 0.29) is 29.0 Å². The molecule has 0 fully saturated rings. The van der Waals surface area contributed by atoms with Crippen molar-refractivity contribution in [3.63, 3.8) is 0 Å². The lowest BCUT2D eigenvalue weighted by Crippen LogP contribution is -2.23. The number of hydrogen-bond donors (Lipinski definition) is 9. The summed E-state index contributed by atoms with van der Waals surface area (Å²) >= 11 is 0. The third-order valence-electron chi connectivity index (χ3n) is 4.66. The molecule has 0 aliphatic rings. The molecule has 24 heteroatoms. The molecule has 0 atom stereocenters. The Hall–Kier alpha value is -6.88. The number of aromatic amines is 8. The molecule has 0 amide bonds. The van der Waals surface area contributed by atoms with Gasteiger partial charge in [0.25, 0.3) is 22.2 Å². The smallest absolute Gasteiger partial charge is 0.328 e. The lowest BCUT2D eigenvalue weighted by molar-refractivity contribution is 0.394. The molecule has 0 aromatic carbocycles. The number of methoxy groups -OCH3 is 3. The highest BCUT2D eigenvalue weighted by Gasteiger charge is 2.14. The molecule has 0 unspecified atom stereocenters. The van der Waals surface area contributed by atoms with E-state index in [4.69, 9.17) is 14.2 Å². The van der Waals surface area contributed by atoms with Crippen LogP contribution in [0.5, 0.6) is 23.5 Å². The minimum Gasteiger partial charge on any atom is -0.493 e. The molecule has 0 aliphatic carbocycles. The number of H-pyrrole nitrogens is 8. The zero-order chi connectivity index (χ0) is 31.8. The van der Waals surface area contributed by atoms with Crippen LogP contribution in [0.3, 0.4) is 0 Å². The Bertz CT molecular complexity index is 2110. The van der Waals surface area contributed by atoms with Gasteiger partial charge >= 0.3 is 22.8 Å². The Labute approximate surface area is 231 Å². The molecule has 0 radical (unpaired) electrons. The summed E-state index contributed by atoms with van der Waals surface area (Å²) in [5.41, 5.74) is -8.79. The lowest BCUT2D eigenvalue weighted by atomic mass is 10.5. The van der Waals surface area contributed by atoms with Gasteiger partial charge in [-0.15, -0.1) is 20.5 Å². The Morgan fingerprint density at radius 2 is 0.674 bits per heavy atom. The second kappa shape index (κ2) is 13.0. The third kappa shape index (κ3) is 7.21. The molecule has 0 bridgehead atoms. The van der Waals surface area contributed by atoms with E-state index < -0.39 is 62.3 Å². The predicted molar refractivity (Wildman–Crippen MR) is 140 cm³/mol. The number of nitrogens with zero attached hydrogens (tertiary/aromatic N) is 4. The van der Waals surface area contributed by atoms with E-state index in [1.54, 1.807) is 0 Å². The Morgan fingerprint density at radius 1 is 0.419 bits per heavy atom. The summed E-state index contributed by atoms with van der Waals surface area (Å²) in [7, 11) is 3.59. The average Bonchev–Trinajstić information content (AvgIpc) is 2.93. The fraction of sp³-hybridized carbons (Fsp3) is 0.158. The first-order valence-corrected chi connectivity index (χ1v) is 11.0. The SMILES string of the molecule is COc1[nH]c(=O)[nH]c(=O)c1N=Nc1c(O)[nH]c(=O)[nH]c1=O.COc1[nH]c(=O)[nH]c(=O)c1N=Nc1c(OC)[nH]c(=O)[nH]c1=O.